The summed E-state index contributed by atoms with van der Waals surface area (Å²) >= 11 is 8.66. The molecular formula is C7H7BrClNO3. The van der Waals surface area contributed by atoms with Crippen LogP contribution in [0.15, 0.2) is 15.0 Å². The third kappa shape index (κ3) is 2.72. The quantitative estimate of drug-likeness (QED) is 0.871. The van der Waals surface area contributed by atoms with Crippen LogP contribution in [0.5, 0.6) is 0 Å². The molecule has 1 rings (SSSR count). The van der Waals surface area contributed by atoms with Crippen molar-refractivity contribution in [2.24, 2.45) is 0 Å². The molecule has 0 saturated heterocycles. The molecule has 0 atom stereocenters. The van der Waals surface area contributed by atoms with E-state index in [4.69, 9.17) is 21.1 Å². The molecule has 1 aromatic rings. The molecule has 0 saturated carbocycles. The maximum Gasteiger partial charge on any atom is 0.287 e. The lowest BCUT2D eigenvalue weighted by atomic mass is 10.4. The zero-order chi connectivity index (χ0) is 9.84. The molecule has 0 radical (unpaired) electrons. The summed E-state index contributed by atoms with van der Waals surface area (Å²) in [5, 5.41) is 11.0. The van der Waals surface area contributed by atoms with Gasteiger partial charge < -0.3 is 14.8 Å². The van der Waals surface area contributed by atoms with Gasteiger partial charge in [-0.05, 0) is 27.5 Å². The number of aliphatic hydroxyl groups is 1. The predicted molar refractivity (Wildman–Crippen MR) is 50.8 cm³/mol. The summed E-state index contributed by atoms with van der Waals surface area (Å²) in [5.74, 6) is -0.285. The molecule has 0 bridgehead atoms. The van der Waals surface area contributed by atoms with E-state index in [1.54, 1.807) is 0 Å². The van der Waals surface area contributed by atoms with E-state index in [0.29, 0.717) is 4.47 Å². The fourth-order valence-corrected chi connectivity index (χ4v) is 1.14. The number of hydrogen-bond acceptors (Lipinski definition) is 3. The lowest BCUT2D eigenvalue weighted by Gasteiger charge is -1.97. The molecule has 13 heavy (non-hydrogen) atoms. The maximum absolute atomic E-state index is 11.2. The highest BCUT2D eigenvalue weighted by molar-refractivity contribution is 9.10. The first kappa shape index (κ1) is 10.6. The molecule has 1 heterocycles. The molecule has 4 nitrogen and oxygen atoms in total. The number of aliphatic hydroxyl groups excluding tert-OH is 1. The monoisotopic (exact) mass is 267 g/mol. The first-order chi connectivity index (χ1) is 6.15. The van der Waals surface area contributed by atoms with Crippen LogP contribution in [0.3, 0.4) is 0 Å². The van der Waals surface area contributed by atoms with Gasteiger partial charge >= 0.3 is 0 Å². The van der Waals surface area contributed by atoms with Crippen LogP contribution < -0.4 is 5.32 Å². The molecule has 0 fully saturated rings. The second-order valence-corrected chi connectivity index (χ2v) is 3.41. The Morgan fingerprint density at radius 2 is 2.46 bits per heavy atom. The van der Waals surface area contributed by atoms with E-state index in [1.807, 2.05) is 0 Å². The minimum absolute atomic E-state index is 0.110. The summed E-state index contributed by atoms with van der Waals surface area (Å²) in [6.45, 7) is 0.0795. The number of nitrogens with one attached hydrogen (secondary N) is 1. The Hall–Kier alpha value is -0.520. The summed E-state index contributed by atoms with van der Waals surface area (Å²) < 4.78 is 5.43. The highest BCUT2D eigenvalue weighted by Gasteiger charge is 2.13. The van der Waals surface area contributed by atoms with Crippen molar-refractivity contribution in [3.8, 4) is 0 Å². The van der Waals surface area contributed by atoms with Crippen molar-refractivity contribution in [1.29, 1.82) is 0 Å². The molecule has 0 aliphatic heterocycles. The SMILES string of the molecule is O=C(NCCO)c1cc(Br)c(Cl)o1. The average Bonchev–Trinajstić information content (AvgIpc) is 2.43. The van der Waals surface area contributed by atoms with Crippen LogP contribution in [0.2, 0.25) is 5.22 Å². The third-order valence-electron chi connectivity index (χ3n) is 1.27. The molecule has 0 aliphatic carbocycles. The Morgan fingerprint density at radius 1 is 1.77 bits per heavy atom. The van der Waals surface area contributed by atoms with Crippen LogP contribution in [-0.2, 0) is 0 Å². The van der Waals surface area contributed by atoms with Crippen molar-refractivity contribution in [3.63, 3.8) is 0 Å². The highest BCUT2D eigenvalue weighted by atomic mass is 79.9. The minimum atomic E-state index is -0.401. The number of amides is 1. The minimum Gasteiger partial charge on any atom is -0.438 e. The molecule has 0 aliphatic rings. The number of carbonyl (C=O) groups is 1. The van der Waals surface area contributed by atoms with Crippen LogP contribution in [-0.4, -0.2) is 24.2 Å². The van der Waals surface area contributed by atoms with Crippen molar-refractivity contribution in [2.45, 2.75) is 0 Å². The fraction of sp³-hybridized carbons (Fsp3) is 0.286. The second kappa shape index (κ2) is 4.64. The molecule has 1 amide bonds. The highest BCUT2D eigenvalue weighted by Crippen LogP contribution is 2.25. The van der Waals surface area contributed by atoms with Crippen LogP contribution in [0.4, 0.5) is 0 Å². The topological polar surface area (TPSA) is 62.5 Å². The van der Waals surface area contributed by atoms with Crippen LogP contribution in [0.25, 0.3) is 0 Å². The number of halogens is 2. The molecule has 0 spiro atoms. The third-order valence-corrected chi connectivity index (χ3v) is 2.36. The standard InChI is InChI=1S/C7H7BrClNO3/c8-4-3-5(13-6(4)9)7(12)10-1-2-11/h3,11H,1-2H2,(H,10,12). The van der Waals surface area contributed by atoms with Crippen LogP contribution >= 0.6 is 27.5 Å². The van der Waals surface area contributed by atoms with Crippen molar-refractivity contribution in [3.05, 3.63) is 21.5 Å². The Labute approximate surface area is 88.0 Å². The van der Waals surface area contributed by atoms with E-state index in [-0.39, 0.29) is 24.1 Å². The molecule has 0 unspecified atom stereocenters. The number of rotatable bonds is 3. The van der Waals surface area contributed by atoms with Crippen molar-refractivity contribution < 1.29 is 14.3 Å². The summed E-state index contributed by atoms with van der Waals surface area (Å²) in [6, 6.07) is 1.47. The molecule has 6 heteroatoms. The largest absolute Gasteiger partial charge is 0.438 e. The number of furan rings is 1. The number of hydrogen-bond donors (Lipinski definition) is 2. The van der Waals surface area contributed by atoms with Gasteiger partial charge in [0.1, 0.15) is 0 Å². The summed E-state index contributed by atoms with van der Waals surface area (Å²) in [6.07, 6.45) is 0. The second-order valence-electron chi connectivity index (χ2n) is 2.21. The van der Waals surface area contributed by atoms with E-state index in [2.05, 4.69) is 21.2 Å². The van der Waals surface area contributed by atoms with E-state index in [1.165, 1.54) is 6.07 Å². The zero-order valence-electron chi connectivity index (χ0n) is 6.51. The van der Waals surface area contributed by atoms with Crippen LogP contribution in [0.1, 0.15) is 10.6 Å². The molecule has 72 valence electrons. The van der Waals surface area contributed by atoms with E-state index in [0.717, 1.165) is 0 Å². The summed E-state index contributed by atoms with van der Waals surface area (Å²) in [4.78, 5) is 11.2. The fourth-order valence-electron chi connectivity index (χ4n) is 0.715. The van der Waals surface area contributed by atoms with Gasteiger partial charge in [0.2, 0.25) is 5.22 Å². The molecule has 0 aromatic carbocycles. The van der Waals surface area contributed by atoms with E-state index < -0.39 is 5.91 Å². The van der Waals surface area contributed by atoms with Gasteiger partial charge in [0, 0.05) is 12.6 Å². The maximum atomic E-state index is 11.2. The summed E-state index contributed by atoms with van der Waals surface area (Å²) in [5.41, 5.74) is 0. The first-order valence-corrected chi connectivity index (χ1v) is 4.66. The van der Waals surface area contributed by atoms with Crippen molar-refractivity contribution in [1.82, 2.24) is 5.32 Å². The lowest BCUT2D eigenvalue weighted by Crippen LogP contribution is -2.25. The predicted octanol–water partition coefficient (Wildman–Crippen LogP) is 1.42. The van der Waals surface area contributed by atoms with Gasteiger partial charge in [-0.25, -0.2) is 0 Å². The first-order valence-electron chi connectivity index (χ1n) is 3.49. The molecular weight excluding hydrogens is 261 g/mol. The Balaban J connectivity index is 2.66. The summed E-state index contributed by atoms with van der Waals surface area (Å²) in [7, 11) is 0. The zero-order valence-corrected chi connectivity index (χ0v) is 8.85. The molecule has 2 N–H and O–H groups in total. The molecule has 1 aromatic heterocycles. The van der Waals surface area contributed by atoms with Crippen molar-refractivity contribution in [2.75, 3.05) is 13.2 Å². The van der Waals surface area contributed by atoms with Gasteiger partial charge in [-0.2, -0.15) is 0 Å². The van der Waals surface area contributed by atoms with Crippen LogP contribution in [0, 0.1) is 0 Å². The van der Waals surface area contributed by atoms with E-state index >= 15 is 0 Å². The number of carbonyl (C=O) groups excluding carboxylic acids is 1. The Morgan fingerprint density at radius 3 is 2.92 bits per heavy atom. The van der Waals surface area contributed by atoms with Gasteiger partial charge in [-0.15, -0.1) is 0 Å². The van der Waals surface area contributed by atoms with E-state index in [9.17, 15) is 4.79 Å². The van der Waals surface area contributed by atoms with Gasteiger partial charge in [-0.3, -0.25) is 4.79 Å². The van der Waals surface area contributed by atoms with Gasteiger partial charge in [0.25, 0.3) is 5.91 Å². The smallest absolute Gasteiger partial charge is 0.287 e. The van der Waals surface area contributed by atoms with Crippen molar-refractivity contribution >= 4 is 33.4 Å². The van der Waals surface area contributed by atoms with Gasteiger partial charge in [-0.1, -0.05) is 0 Å². The average molecular weight is 268 g/mol. The lowest BCUT2D eigenvalue weighted by molar-refractivity contribution is 0.0917. The Bertz CT molecular complexity index is 293. The van der Waals surface area contributed by atoms with Gasteiger partial charge in [0.15, 0.2) is 5.76 Å². The normalized spacial score (nSPS) is 10.1. The van der Waals surface area contributed by atoms with Gasteiger partial charge in [0.05, 0.1) is 11.1 Å². The Kier molecular flexibility index (Phi) is 3.77.